The zero-order valence-corrected chi connectivity index (χ0v) is 6.24. The Bertz CT molecular complexity index is 285. The fraction of sp³-hybridized carbons (Fsp3) is 0.333. The van der Waals surface area contributed by atoms with Crippen LogP contribution in [0.25, 0.3) is 0 Å². The summed E-state index contributed by atoms with van der Waals surface area (Å²) in [5.41, 5.74) is 0. The molecule has 1 heterocycles. The first-order chi connectivity index (χ1) is 5.59. The molecule has 12 heavy (non-hydrogen) atoms. The van der Waals surface area contributed by atoms with Crippen LogP contribution in [0.3, 0.4) is 0 Å². The Morgan fingerprint density at radius 3 is 3.00 bits per heavy atom. The molecule has 64 valence electrons. The van der Waals surface area contributed by atoms with Gasteiger partial charge in [-0.05, 0) is 0 Å². The Labute approximate surface area is 67.4 Å². The number of amides is 3. The number of hydrogen-bond acceptors (Lipinski definition) is 2. The number of hydrogen-bond donors (Lipinski definition) is 1. The molecule has 0 saturated heterocycles. The topological polar surface area (TPSA) is 70.9 Å². The van der Waals surface area contributed by atoms with Gasteiger partial charge in [0.25, 0.3) is 0 Å². The molecule has 0 bridgehead atoms. The lowest BCUT2D eigenvalue weighted by Crippen LogP contribution is -2.38. The number of amidine groups is 1. The number of nitrogens with zero attached hydrogens (tertiary/aromatic N) is 2. The van der Waals surface area contributed by atoms with Crippen molar-refractivity contribution in [2.45, 2.75) is 13.1 Å². The number of halogens is 1. The van der Waals surface area contributed by atoms with E-state index in [0.29, 0.717) is 0 Å². The number of alkyl halides is 1. The summed E-state index contributed by atoms with van der Waals surface area (Å²) in [7, 11) is 0. The molecule has 0 saturated carbocycles. The third-order valence-corrected chi connectivity index (χ3v) is 1.10. The van der Waals surface area contributed by atoms with Crippen molar-refractivity contribution >= 4 is 24.0 Å². The molecule has 0 aromatic carbocycles. The van der Waals surface area contributed by atoms with E-state index in [9.17, 15) is 14.0 Å². The van der Waals surface area contributed by atoms with Crippen molar-refractivity contribution in [1.29, 1.82) is 0 Å². The summed E-state index contributed by atoms with van der Waals surface area (Å²) >= 11 is 0. The minimum atomic E-state index is -1.61. The van der Waals surface area contributed by atoms with Gasteiger partial charge in [0.15, 0.2) is 12.0 Å². The van der Waals surface area contributed by atoms with Gasteiger partial charge >= 0.3 is 6.03 Å². The van der Waals surface area contributed by atoms with Crippen LogP contribution in [-0.2, 0) is 4.79 Å². The molecule has 1 atom stereocenters. The summed E-state index contributed by atoms with van der Waals surface area (Å²) in [5, 5.41) is 2.09. The Morgan fingerprint density at radius 1 is 1.75 bits per heavy atom. The number of rotatable bonds is 0. The van der Waals surface area contributed by atoms with Crippen molar-refractivity contribution in [2.75, 3.05) is 0 Å². The fourth-order valence-electron chi connectivity index (χ4n) is 0.671. The maximum Gasteiger partial charge on any atom is 0.368 e. The highest BCUT2D eigenvalue weighted by atomic mass is 19.1. The predicted molar refractivity (Wildman–Crippen MR) is 40.0 cm³/mol. The van der Waals surface area contributed by atoms with Crippen molar-refractivity contribution in [3.8, 4) is 0 Å². The van der Waals surface area contributed by atoms with Crippen molar-refractivity contribution in [3.05, 3.63) is 0 Å². The average Bonchev–Trinajstić information content (AvgIpc) is 1.96. The predicted octanol–water partition coefficient (Wildman–Crippen LogP) is 0.0635. The van der Waals surface area contributed by atoms with Crippen LogP contribution >= 0.6 is 0 Å². The van der Waals surface area contributed by atoms with E-state index < -0.39 is 18.1 Å². The Kier molecular flexibility index (Phi) is 2.27. The number of nitrogens with one attached hydrogen (secondary N) is 1. The second-order valence-corrected chi connectivity index (χ2v) is 2.14. The van der Waals surface area contributed by atoms with Crippen LogP contribution in [0.4, 0.5) is 9.18 Å². The highest BCUT2D eigenvalue weighted by Crippen LogP contribution is 1.98. The summed E-state index contributed by atoms with van der Waals surface area (Å²) in [6.07, 6.45) is -0.813. The maximum absolute atomic E-state index is 12.7. The van der Waals surface area contributed by atoms with Crippen molar-refractivity contribution in [3.63, 3.8) is 0 Å². The van der Waals surface area contributed by atoms with Crippen LogP contribution in [0.1, 0.15) is 6.92 Å². The monoisotopic (exact) mass is 171 g/mol. The van der Waals surface area contributed by atoms with E-state index in [1.54, 1.807) is 0 Å². The molecule has 1 aliphatic rings. The molecule has 0 aromatic rings. The lowest BCUT2D eigenvalue weighted by atomic mass is 10.3. The van der Waals surface area contributed by atoms with Gasteiger partial charge in [-0.3, -0.25) is 4.79 Å². The molecule has 0 fully saturated rings. The smallest absolute Gasteiger partial charge is 0.311 e. The molecular formula is C6H6FN3O2. The fourth-order valence-corrected chi connectivity index (χ4v) is 0.671. The van der Waals surface area contributed by atoms with E-state index in [1.165, 1.54) is 6.92 Å². The molecule has 1 N–H and O–H groups in total. The summed E-state index contributed by atoms with van der Waals surface area (Å²) < 4.78 is 12.7. The summed E-state index contributed by atoms with van der Waals surface area (Å²) in [6.45, 7) is 1.20. The van der Waals surface area contributed by atoms with Crippen molar-refractivity contribution in [2.24, 2.45) is 9.98 Å². The van der Waals surface area contributed by atoms with Gasteiger partial charge in [0.05, 0.1) is 6.21 Å². The van der Waals surface area contributed by atoms with E-state index >= 15 is 0 Å². The van der Waals surface area contributed by atoms with E-state index in [-0.39, 0.29) is 5.84 Å². The van der Waals surface area contributed by atoms with E-state index in [2.05, 4.69) is 15.3 Å². The zero-order chi connectivity index (χ0) is 9.14. The molecule has 0 aromatic heterocycles. The Hall–Kier alpha value is -1.59. The van der Waals surface area contributed by atoms with E-state index in [1.807, 2.05) is 0 Å². The molecule has 0 aliphatic carbocycles. The summed E-state index contributed by atoms with van der Waals surface area (Å²) in [6, 6.07) is -0.812. The lowest BCUT2D eigenvalue weighted by Gasteiger charge is -2.09. The van der Waals surface area contributed by atoms with Gasteiger partial charge in [0, 0.05) is 6.92 Å². The van der Waals surface area contributed by atoms with Crippen LogP contribution in [0.5, 0.6) is 0 Å². The number of aliphatic imine (C=N–C) groups is 2. The molecule has 6 heteroatoms. The molecular weight excluding hydrogens is 165 g/mol. The first-order valence-electron chi connectivity index (χ1n) is 3.18. The summed E-state index contributed by atoms with van der Waals surface area (Å²) in [4.78, 5) is 27.2. The first kappa shape index (κ1) is 8.51. The third-order valence-electron chi connectivity index (χ3n) is 1.10. The minimum Gasteiger partial charge on any atom is -0.311 e. The van der Waals surface area contributed by atoms with Gasteiger partial charge in [-0.25, -0.2) is 14.2 Å². The second kappa shape index (κ2) is 3.21. The Balaban J connectivity index is 2.74. The van der Waals surface area contributed by atoms with Crippen LogP contribution < -0.4 is 5.32 Å². The lowest BCUT2D eigenvalue weighted by molar-refractivity contribution is -0.117. The molecule has 0 spiro atoms. The number of carbonyl (C=O) groups excluding carboxylic acids is 2. The minimum absolute atomic E-state index is 0.303. The summed E-state index contributed by atoms with van der Waals surface area (Å²) in [5.74, 6) is -0.776. The molecule has 1 unspecified atom stereocenters. The quantitative estimate of drug-likeness (QED) is 0.560. The van der Waals surface area contributed by atoms with Crippen LogP contribution in [0, 0.1) is 0 Å². The van der Waals surface area contributed by atoms with Gasteiger partial charge < -0.3 is 5.32 Å². The van der Waals surface area contributed by atoms with Gasteiger partial charge in [-0.15, -0.1) is 0 Å². The highest BCUT2D eigenvalue weighted by molar-refractivity contribution is 6.14. The van der Waals surface area contributed by atoms with Crippen molar-refractivity contribution < 1.29 is 14.0 Å². The number of carbonyl (C=O) groups is 2. The highest BCUT2D eigenvalue weighted by Gasteiger charge is 2.19. The zero-order valence-electron chi connectivity index (χ0n) is 6.24. The van der Waals surface area contributed by atoms with Gasteiger partial charge in [0.1, 0.15) is 0 Å². The molecule has 5 nitrogen and oxygen atoms in total. The normalized spacial score (nSPS) is 22.0. The molecule has 0 radical (unpaired) electrons. The molecule has 1 rings (SSSR count). The second-order valence-electron chi connectivity index (χ2n) is 2.14. The molecule has 1 aliphatic heterocycles. The standard InChI is InChI=1S/C6H6FN3O2/c1-3(11)9-5-4(7)2-8-6(12)10-5/h2,4H,1H3,(H,9,10,11,12). The van der Waals surface area contributed by atoms with E-state index in [4.69, 9.17) is 0 Å². The van der Waals surface area contributed by atoms with Crippen molar-refractivity contribution in [1.82, 2.24) is 5.32 Å². The van der Waals surface area contributed by atoms with Crippen LogP contribution in [-0.4, -0.2) is 30.2 Å². The average molecular weight is 171 g/mol. The number of urea groups is 1. The molecule has 3 amide bonds. The van der Waals surface area contributed by atoms with Gasteiger partial charge in [-0.2, -0.15) is 4.99 Å². The SMILES string of the molecule is CC(=O)NC1=NC(=O)N=CC1F. The van der Waals surface area contributed by atoms with Crippen LogP contribution in [0.2, 0.25) is 0 Å². The largest absolute Gasteiger partial charge is 0.368 e. The maximum atomic E-state index is 12.7. The Morgan fingerprint density at radius 2 is 2.42 bits per heavy atom. The van der Waals surface area contributed by atoms with Gasteiger partial charge in [-0.1, -0.05) is 0 Å². The first-order valence-corrected chi connectivity index (χ1v) is 3.18. The van der Waals surface area contributed by atoms with E-state index in [0.717, 1.165) is 6.21 Å². The van der Waals surface area contributed by atoms with Gasteiger partial charge in [0.2, 0.25) is 5.91 Å². The third kappa shape index (κ3) is 1.94. The van der Waals surface area contributed by atoms with Crippen LogP contribution in [0.15, 0.2) is 9.98 Å².